The fourth-order valence-corrected chi connectivity index (χ4v) is 7.08. The van der Waals surface area contributed by atoms with Crippen LogP contribution in [-0.4, -0.2) is 133 Å². The van der Waals surface area contributed by atoms with E-state index >= 15 is 0 Å². The van der Waals surface area contributed by atoms with Gasteiger partial charge in [0.05, 0.1) is 19.8 Å². The molecular formula is C29H42F3N5O6. The number of rotatable bonds is 6. The van der Waals surface area contributed by atoms with E-state index in [-0.39, 0.29) is 94.1 Å². The van der Waals surface area contributed by atoms with Gasteiger partial charge < -0.3 is 29.7 Å². The third kappa shape index (κ3) is 7.79. The van der Waals surface area contributed by atoms with E-state index in [2.05, 4.69) is 5.32 Å². The van der Waals surface area contributed by atoms with Gasteiger partial charge in [0, 0.05) is 64.8 Å². The van der Waals surface area contributed by atoms with Gasteiger partial charge >= 0.3 is 0 Å². The van der Waals surface area contributed by atoms with E-state index in [0.29, 0.717) is 39.3 Å². The van der Waals surface area contributed by atoms with Gasteiger partial charge in [-0.15, -0.1) is 0 Å². The number of carbonyl (C=O) groups is 5. The van der Waals surface area contributed by atoms with Crippen molar-refractivity contribution in [2.45, 2.75) is 69.5 Å². The standard InChI is InChI=1S/C29H42F3N5O6/c30-22-13-23-28(42)35-6-3-20(11-25(39)34-7-9-43-10-8-34)21(15-35)12-26(40)36(18-27(41)37(23)16-22)17-24(38)33-14-19-1-4-29(31,32)5-2-19/h19-23H,1-18H2,(H,33,38)/t20-,21-,22-,23-/m0/s1. The fourth-order valence-electron chi connectivity index (χ4n) is 7.08. The quantitative estimate of drug-likeness (QED) is 0.474. The highest BCUT2D eigenvalue weighted by molar-refractivity contribution is 5.93. The van der Waals surface area contributed by atoms with Crippen molar-refractivity contribution in [1.82, 2.24) is 24.9 Å². The first kappa shape index (κ1) is 31.5. The minimum atomic E-state index is -2.68. The lowest BCUT2D eigenvalue weighted by Gasteiger charge is -2.40. The summed E-state index contributed by atoms with van der Waals surface area (Å²) in [6, 6.07) is -0.983. The first-order chi connectivity index (χ1) is 20.5. The summed E-state index contributed by atoms with van der Waals surface area (Å²) in [6.07, 6.45) is -0.758. The number of hydrogen-bond acceptors (Lipinski definition) is 6. The molecule has 0 unspecified atom stereocenters. The number of nitrogens with one attached hydrogen (secondary N) is 1. The Morgan fingerprint density at radius 3 is 2.42 bits per heavy atom. The first-order valence-electron chi connectivity index (χ1n) is 15.5. The molecule has 4 atom stereocenters. The topological polar surface area (TPSA) is 120 Å². The van der Waals surface area contributed by atoms with Crippen LogP contribution in [0.5, 0.6) is 0 Å². The number of fused-ring (bicyclic) bond motifs is 3. The van der Waals surface area contributed by atoms with Crippen LogP contribution in [0, 0.1) is 17.8 Å². The highest BCUT2D eigenvalue weighted by Crippen LogP contribution is 2.36. The van der Waals surface area contributed by atoms with Crippen LogP contribution in [0.25, 0.3) is 0 Å². The number of carbonyl (C=O) groups excluding carboxylic acids is 5. The van der Waals surface area contributed by atoms with Crippen molar-refractivity contribution in [2.24, 2.45) is 17.8 Å². The molecule has 1 aliphatic carbocycles. The SMILES string of the molecule is O=C(CN1CC(=O)N2C[C@@H](F)C[C@H]2C(=O)N2CC[C@@H](CC(=O)N3CCOCC3)[C@@H](CC1=O)C2)NCC1CCC(F)(F)CC1. The van der Waals surface area contributed by atoms with Crippen molar-refractivity contribution in [2.75, 3.05) is 65.6 Å². The van der Waals surface area contributed by atoms with Crippen LogP contribution < -0.4 is 5.32 Å². The van der Waals surface area contributed by atoms with E-state index in [1.165, 1.54) is 4.90 Å². The molecule has 2 bridgehead atoms. The summed E-state index contributed by atoms with van der Waals surface area (Å²) in [5.41, 5.74) is 0. The Morgan fingerprint density at radius 1 is 0.977 bits per heavy atom. The lowest BCUT2D eigenvalue weighted by molar-refractivity contribution is -0.146. The molecule has 4 heterocycles. The monoisotopic (exact) mass is 613 g/mol. The summed E-state index contributed by atoms with van der Waals surface area (Å²) in [5, 5.41) is 2.73. The Kier molecular flexibility index (Phi) is 9.82. The smallest absolute Gasteiger partial charge is 0.248 e. The maximum Gasteiger partial charge on any atom is 0.248 e. The molecule has 5 rings (SSSR count). The fraction of sp³-hybridized carbons (Fsp3) is 0.828. The molecule has 11 nitrogen and oxygen atoms in total. The summed E-state index contributed by atoms with van der Waals surface area (Å²) < 4.78 is 46.9. The molecule has 43 heavy (non-hydrogen) atoms. The normalized spacial score (nSPS) is 30.6. The van der Waals surface area contributed by atoms with E-state index in [1.807, 2.05) is 0 Å². The highest BCUT2D eigenvalue weighted by atomic mass is 19.3. The van der Waals surface area contributed by atoms with Crippen LogP contribution in [-0.2, 0) is 28.7 Å². The second-order valence-corrected chi connectivity index (χ2v) is 12.7. The van der Waals surface area contributed by atoms with Crippen molar-refractivity contribution in [1.29, 1.82) is 0 Å². The molecule has 0 aromatic rings. The van der Waals surface area contributed by atoms with Gasteiger partial charge in [-0.1, -0.05) is 0 Å². The molecule has 0 aromatic heterocycles. The zero-order valence-electron chi connectivity index (χ0n) is 24.5. The highest BCUT2D eigenvalue weighted by Gasteiger charge is 2.45. The third-order valence-corrected chi connectivity index (χ3v) is 9.73. The molecule has 5 aliphatic rings. The number of amides is 5. The van der Waals surface area contributed by atoms with Crippen LogP contribution in [0.2, 0.25) is 0 Å². The number of alkyl halides is 3. The number of nitrogens with zero attached hydrogens (tertiary/aromatic N) is 4. The molecule has 1 saturated carbocycles. The van der Waals surface area contributed by atoms with Crippen molar-refractivity contribution in [3.63, 3.8) is 0 Å². The van der Waals surface area contributed by atoms with Crippen LogP contribution in [0.15, 0.2) is 0 Å². The average molecular weight is 614 g/mol. The molecule has 0 spiro atoms. The number of halogens is 3. The van der Waals surface area contributed by atoms with E-state index in [4.69, 9.17) is 4.74 Å². The van der Waals surface area contributed by atoms with Gasteiger partial charge in [0.15, 0.2) is 0 Å². The summed E-state index contributed by atoms with van der Waals surface area (Å²) in [7, 11) is 0. The van der Waals surface area contributed by atoms with Crippen molar-refractivity contribution < 1.29 is 41.9 Å². The largest absolute Gasteiger partial charge is 0.378 e. The van der Waals surface area contributed by atoms with Gasteiger partial charge in [0.2, 0.25) is 35.5 Å². The minimum Gasteiger partial charge on any atom is -0.378 e. The Morgan fingerprint density at radius 2 is 1.70 bits per heavy atom. The molecule has 1 N–H and O–H groups in total. The summed E-state index contributed by atoms with van der Waals surface area (Å²) >= 11 is 0. The second-order valence-electron chi connectivity index (χ2n) is 12.7. The number of ether oxygens (including phenoxy) is 1. The Labute approximate surface area is 249 Å². The predicted molar refractivity (Wildman–Crippen MR) is 146 cm³/mol. The lowest BCUT2D eigenvalue weighted by Crippen LogP contribution is -2.53. The van der Waals surface area contributed by atoms with Gasteiger partial charge in [-0.2, -0.15) is 0 Å². The lowest BCUT2D eigenvalue weighted by atomic mass is 9.80. The van der Waals surface area contributed by atoms with Crippen LogP contribution in [0.1, 0.15) is 51.4 Å². The molecule has 5 amide bonds. The summed E-state index contributed by atoms with van der Waals surface area (Å²) in [6.45, 7) is 1.50. The first-order valence-corrected chi connectivity index (χ1v) is 15.5. The van der Waals surface area contributed by atoms with E-state index in [1.54, 1.807) is 9.80 Å². The maximum atomic E-state index is 14.5. The van der Waals surface area contributed by atoms with E-state index in [0.717, 1.165) is 4.90 Å². The van der Waals surface area contributed by atoms with E-state index < -0.39 is 48.9 Å². The van der Waals surface area contributed by atoms with E-state index in [9.17, 15) is 37.1 Å². The van der Waals surface area contributed by atoms with Gasteiger partial charge in [0.25, 0.3) is 0 Å². The molecule has 240 valence electrons. The molecular weight excluding hydrogens is 571 g/mol. The Balaban J connectivity index is 1.29. The zero-order valence-corrected chi connectivity index (χ0v) is 24.5. The average Bonchev–Trinajstić information content (AvgIpc) is 3.38. The molecule has 0 aromatic carbocycles. The predicted octanol–water partition coefficient (Wildman–Crippen LogP) is 0.813. The molecule has 14 heteroatoms. The van der Waals surface area contributed by atoms with Crippen LogP contribution in [0.4, 0.5) is 13.2 Å². The van der Waals surface area contributed by atoms with Crippen molar-refractivity contribution >= 4 is 29.5 Å². The van der Waals surface area contributed by atoms with Gasteiger partial charge in [-0.3, -0.25) is 24.0 Å². The molecule has 4 aliphatic heterocycles. The Bertz CT molecular complexity index is 1080. The Hall–Kier alpha value is -2.90. The number of morpholine rings is 1. The van der Waals surface area contributed by atoms with Crippen LogP contribution in [0.3, 0.4) is 0 Å². The summed E-state index contributed by atoms with van der Waals surface area (Å²) in [4.78, 5) is 72.2. The van der Waals surface area contributed by atoms with Crippen LogP contribution >= 0.6 is 0 Å². The minimum absolute atomic E-state index is 0.0380. The van der Waals surface area contributed by atoms with Crippen molar-refractivity contribution in [3.8, 4) is 0 Å². The zero-order chi connectivity index (χ0) is 30.7. The molecule has 4 saturated heterocycles. The van der Waals surface area contributed by atoms with Gasteiger partial charge in [-0.05, 0) is 37.0 Å². The molecule has 5 fully saturated rings. The maximum absolute atomic E-state index is 14.5. The van der Waals surface area contributed by atoms with Crippen molar-refractivity contribution in [3.05, 3.63) is 0 Å². The summed E-state index contributed by atoms with van der Waals surface area (Å²) in [5.74, 6) is -5.32. The van der Waals surface area contributed by atoms with Gasteiger partial charge in [0.1, 0.15) is 25.3 Å². The molecule has 0 radical (unpaired) electrons. The number of piperidine rings is 1. The van der Waals surface area contributed by atoms with Gasteiger partial charge in [-0.25, -0.2) is 13.2 Å². The third-order valence-electron chi connectivity index (χ3n) is 9.73. The number of hydrogen-bond donors (Lipinski definition) is 1. The second kappa shape index (κ2) is 13.4.